The number of benzene rings is 2. The molecule has 0 aliphatic carbocycles. The third-order valence-corrected chi connectivity index (χ3v) is 6.48. The van der Waals surface area contributed by atoms with Crippen LogP contribution in [0, 0.1) is 17.8 Å². The van der Waals surface area contributed by atoms with Gasteiger partial charge in [-0.1, -0.05) is 38.1 Å². The van der Waals surface area contributed by atoms with Crippen LogP contribution in [0.4, 0.5) is 0 Å². The molecule has 30 heavy (non-hydrogen) atoms. The Morgan fingerprint density at radius 2 is 1.70 bits per heavy atom. The number of hydrogen-bond donors (Lipinski definition) is 0. The number of rotatable bonds is 5. The Labute approximate surface area is 186 Å². The van der Waals surface area contributed by atoms with Crippen molar-refractivity contribution in [1.82, 2.24) is 9.80 Å². The summed E-state index contributed by atoms with van der Waals surface area (Å²) in [6, 6.07) is 17.0. The second-order valence-electron chi connectivity index (χ2n) is 9.09. The minimum absolute atomic E-state index is 0. The molecule has 2 fully saturated rings. The van der Waals surface area contributed by atoms with Gasteiger partial charge in [0.25, 0.3) is 5.91 Å². The Morgan fingerprint density at radius 3 is 2.30 bits per heavy atom. The molecule has 2 aliphatic heterocycles. The van der Waals surface area contributed by atoms with E-state index in [9.17, 15) is 4.79 Å². The van der Waals surface area contributed by atoms with E-state index in [0.29, 0.717) is 23.8 Å². The summed E-state index contributed by atoms with van der Waals surface area (Å²) >= 11 is 0. The van der Waals surface area contributed by atoms with Crippen molar-refractivity contribution in [2.24, 2.45) is 17.8 Å². The molecule has 0 unspecified atom stereocenters. The van der Waals surface area contributed by atoms with Crippen LogP contribution < -0.4 is 4.74 Å². The van der Waals surface area contributed by atoms with Gasteiger partial charge in [-0.05, 0) is 60.7 Å². The molecular weight excluding hydrogens is 396 g/mol. The van der Waals surface area contributed by atoms with Crippen molar-refractivity contribution in [3.8, 4) is 5.75 Å². The number of fused-ring (bicyclic) bond motifs is 1. The van der Waals surface area contributed by atoms with Crippen LogP contribution in [0.5, 0.6) is 5.75 Å². The zero-order chi connectivity index (χ0) is 20.5. The molecule has 4 nitrogen and oxygen atoms in total. The molecule has 0 saturated carbocycles. The molecule has 0 bridgehead atoms. The van der Waals surface area contributed by atoms with Crippen molar-refractivity contribution in [2.75, 3.05) is 33.8 Å². The molecule has 5 heteroatoms. The van der Waals surface area contributed by atoms with E-state index in [1.165, 1.54) is 11.1 Å². The summed E-state index contributed by atoms with van der Waals surface area (Å²) in [5.41, 5.74) is 3.43. The molecule has 4 rings (SSSR count). The number of carbonyl (C=O) groups excluding carboxylic acids is 1. The lowest BCUT2D eigenvalue weighted by molar-refractivity contribution is 0.0768. The van der Waals surface area contributed by atoms with Gasteiger partial charge in [-0.2, -0.15) is 0 Å². The van der Waals surface area contributed by atoms with E-state index >= 15 is 0 Å². The van der Waals surface area contributed by atoms with Crippen LogP contribution in [0.3, 0.4) is 0 Å². The van der Waals surface area contributed by atoms with Crippen molar-refractivity contribution >= 4 is 18.3 Å². The molecule has 0 aromatic heterocycles. The van der Waals surface area contributed by atoms with E-state index in [1.54, 1.807) is 7.11 Å². The maximum absolute atomic E-state index is 13.1. The van der Waals surface area contributed by atoms with E-state index < -0.39 is 0 Å². The molecule has 2 heterocycles. The summed E-state index contributed by atoms with van der Waals surface area (Å²) in [7, 11) is 3.90. The number of ether oxygens (including phenoxy) is 1. The summed E-state index contributed by atoms with van der Waals surface area (Å²) in [6.45, 7) is 7.17. The monoisotopic (exact) mass is 428 g/mol. The highest BCUT2D eigenvalue weighted by atomic mass is 35.5. The lowest BCUT2D eigenvalue weighted by Crippen LogP contribution is -2.33. The van der Waals surface area contributed by atoms with Crippen LogP contribution >= 0.6 is 12.4 Å². The van der Waals surface area contributed by atoms with Crippen LogP contribution in [0.15, 0.2) is 48.5 Å². The number of likely N-dealkylation sites (tertiary alicyclic amines) is 2. The van der Waals surface area contributed by atoms with Gasteiger partial charge in [-0.15, -0.1) is 12.4 Å². The van der Waals surface area contributed by atoms with Gasteiger partial charge >= 0.3 is 0 Å². The lowest BCUT2D eigenvalue weighted by atomic mass is 9.89. The van der Waals surface area contributed by atoms with Crippen molar-refractivity contribution in [2.45, 2.75) is 26.3 Å². The predicted molar refractivity (Wildman–Crippen MR) is 123 cm³/mol. The normalized spacial score (nSPS) is 23.4. The van der Waals surface area contributed by atoms with Gasteiger partial charge in [0.1, 0.15) is 5.75 Å². The summed E-state index contributed by atoms with van der Waals surface area (Å²) in [5, 5.41) is 0. The van der Waals surface area contributed by atoms with Gasteiger partial charge in [-0.25, -0.2) is 0 Å². The topological polar surface area (TPSA) is 32.8 Å². The molecule has 2 aliphatic rings. The van der Waals surface area contributed by atoms with E-state index in [4.69, 9.17) is 4.74 Å². The Morgan fingerprint density at radius 1 is 1.03 bits per heavy atom. The Bertz CT molecular complexity index is 850. The van der Waals surface area contributed by atoms with Gasteiger partial charge in [0.05, 0.1) is 7.11 Å². The average molecular weight is 429 g/mol. The number of carbonyl (C=O) groups is 1. The molecule has 0 radical (unpaired) electrons. The second kappa shape index (κ2) is 9.40. The molecule has 2 saturated heterocycles. The highest BCUT2D eigenvalue weighted by molar-refractivity contribution is 5.94. The first-order valence-electron chi connectivity index (χ1n) is 10.7. The first-order chi connectivity index (χ1) is 14.0. The van der Waals surface area contributed by atoms with Gasteiger partial charge in [0.2, 0.25) is 0 Å². The molecule has 162 valence electrons. The maximum atomic E-state index is 13.1. The lowest BCUT2D eigenvalue weighted by Gasteiger charge is -2.27. The third kappa shape index (κ3) is 4.50. The number of hydrogen-bond acceptors (Lipinski definition) is 3. The zero-order valence-electron chi connectivity index (χ0n) is 18.4. The van der Waals surface area contributed by atoms with Gasteiger partial charge in [0, 0.05) is 37.2 Å². The fraction of sp³-hybridized carbons (Fsp3) is 0.480. The average Bonchev–Trinajstić information content (AvgIpc) is 3.24. The smallest absolute Gasteiger partial charge is 0.253 e. The molecule has 1 amide bonds. The number of halogens is 1. The number of nitrogens with zero attached hydrogens (tertiary/aromatic N) is 2. The Hall–Kier alpha value is -2.04. The third-order valence-electron chi connectivity index (χ3n) is 6.48. The highest BCUT2D eigenvalue weighted by Crippen LogP contribution is 2.44. The van der Waals surface area contributed by atoms with Crippen molar-refractivity contribution in [3.05, 3.63) is 65.2 Å². The summed E-state index contributed by atoms with van der Waals surface area (Å²) < 4.78 is 5.31. The van der Waals surface area contributed by atoms with E-state index in [2.05, 4.69) is 55.0 Å². The van der Waals surface area contributed by atoms with Crippen LogP contribution in [0.1, 0.15) is 41.4 Å². The van der Waals surface area contributed by atoms with Gasteiger partial charge < -0.3 is 9.64 Å². The second-order valence-corrected chi connectivity index (χ2v) is 9.09. The molecule has 2 aromatic rings. The van der Waals surface area contributed by atoms with Crippen molar-refractivity contribution < 1.29 is 9.53 Å². The van der Waals surface area contributed by atoms with Gasteiger partial charge in [-0.3, -0.25) is 9.69 Å². The van der Waals surface area contributed by atoms with E-state index in [1.807, 2.05) is 24.3 Å². The minimum Gasteiger partial charge on any atom is -0.497 e. The quantitative estimate of drug-likeness (QED) is 0.692. The molecule has 0 N–H and O–H groups in total. The van der Waals surface area contributed by atoms with Crippen LogP contribution in [0.2, 0.25) is 0 Å². The van der Waals surface area contributed by atoms with Crippen LogP contribution in [-0.2, 0) is 6.42 Å². The Kier molecular flexibility index (Phi) is 7.10. The fourth-order valence-electron chi connectivity index (χ4n) is 5.16. The number of amides is 1. The zero-order valence-corrected chi connectivity index (χ0v) is 19.2. The van der Waals surface area contributed by atoms with E-state index in [-0.39, 0.29) is 18.3 Å². The first kappa shape index (κ1) is 22.6. The van der Waals surface area contributed by atoms with Crippen LogP contribution in [-0.4, -0.2) is 49.5 Å². The molecule has 3 atom stereocenters. The molecule has 0 spiro atoms. The SMILES string of the molecule is COc1ccc([C@@H]2[C@@H]3CN(C(=O)c4ccc(CC(C)C)cc4)C[C@@H]3CN2C)cc1.Cl. The van der Waals surface area contributed by atoms with Crippen molar-refractivity contribution in [3.63, 3.8) is 0 Å². The predicted octanol–water partition coefficient (Wildman–Crippen LogP) is 4.69. The van der Waals surface area contributed by atoms with Crippen LogP contribution in [0.25, 0.3) is 0 Å². The summed E-state index contributed by atoms with van der Waals surface area (Å²) in [6.07, 6.45) is 1.05. The number of methoxy groups -OCH3 is 1. The standard InChI is InChI=1S/C25H32N2O2.ClH/c1-17(2)13-18-5-7-20(8-6-18)25(28)27-15-21-14-26(3)24(23(21)16-27)19-9-11-22(29-4)12-10-19;/h5-12,17,21,23-24H,13-16H2,1-4H3;1H/t21-,23+,24+;/m0./s1. The Balaban J connectivity index is 0.00000256. The largest absolute Gasteiger partial charge is 0.497 e. The molecule has 2 aromatic carbocycles. The van der Waals surface area contributed by atoms with E-state index in [0.717, 1.165) is 37.4 Å². The van der Waals surface area contributed by atoms with Crippen molar-refractivity contribution in [1.29, 1.82) is 0 Å². The first-order valence-corrected chi connectivity index (χ1v) is 10.7. The maximum Gasteiger partial charge on any atom is 0.253 e. The highest BCUT2D eigenvalue weighted by Gasteiger charge is 2.47. The summed E-state index contributed by atoms with van der Waals surface area (Å²) in [4.78, 5) is 17.6. The molecular formula is C25H33ClN2O2. The minimum atomic E-state index is 0. The summed E-state index contributed by atoms with van der Waals surface area (Å²) in [5.74, 6) is 2.71. The van der Waals surface area contributed by atoms with Gasteiger partial charge in [0.15, 0.2) is 0 Å². The fourth-order valence-corrected chi connectivity index (χ4v) is 5.16.